The molecule has 0 saturated heterocycles. The molecule has 17 nitrogen and oxygen atoms in total. The lowest BCUT2D eigenvalue weighted by Crippen LogP contribution is -2.47. The number of benzene rings is 4. The van der Waals surface area contributed by atoms with Gasteiger partial charge >= 0.3 is 36.1 Å². The smallest absolute Gasteiger partial charge is 0.425 e. The van der Waals surface area contributed by atoms with E-state index in [-0.39, 0.29) is 85.2 Å². The summed E-state index contributed by atoms with van der Waals surface area (Å²) in [4.78, 5) is 62.0. The van der Waals surface area contributed by atoms with E-state index in [0.29, 0.717) is 23.8 Å². The number of hydrogen-bond donors (Lipinski definition) is 1. The Bertz CT molecular complexity index is 3590. The Hall–Kier alpha value is -7.79. The van der Waals surface area contributed by atoms with E-state index in [0.717, 1.165) is 40.0 Å². The van der Waals surface area contributed by atoms with Gasteiger partial charge in [-0.2, -0.15) is 9.97 Å². The molecular weight excluding hydrogens is 1010 g/mol. The maximum Gasteiger partial charge on any atom is 0.573 e. The largest absolute Gasteiger partial charge is 0.573 e. The van der Waals surface area contributed by atoms with Crippen molar-refractivity contribution in [3.8, 4) is 35.0 Å². The Morgan fingerprint density at radius 3 is 1.41 bits per heavy atom. The van der Waals surface area contributed by atoms with Gasteiger partial charge in [-0.1, -0.05) is 80.5 Å². The fraction of sp³-hybridized carbons (Fsp3) is 0.320. The molecule has 2 saturated carbocycles. The molecule has 24 heteroatoms. The van der Waals surface area contributed by atoms with Crippen LogP contribution in [0.15, 0.2) is 122 Å². The van der Waals surface area contributed by atoms with Crippen LogP contribution in [0.1, 0.15) is 63.2 Å². The van der Waals surface area contributed by atoms with Crippen LogP contribution in [-0.4, -0.2) is 61.3 Å². The van der Waals surface area contributed by atoms with E-state index in [9.17, 15) is 50.6 Å². The van der Waals surface area contributed by atoms with Crippen molar-refractivity contribution in [1.29, 1.82) is 0 Å². The van der Waals surface area contributed by atoms with E-state index in [2.05, 4.69) is 26.4 Å². The summed E-state index contributed by atoms with van der Waals surface area (Å²) < 4.78 is 104. The van der Waals surface area contributed by atoms with Crippen molar-refractivity contribution < 1.29 is 50.4 Å². The summed E-state index contributed by atoms with van der Waals surface area (Å²) in [6.45, 7) is 2.33. The second-order valence-corrected chi connectivity index (χ2v) is 18.1. The van der Waals surface area contributed by atoms with Crippen molar-refractivity contribution >= 4 is 33.9 Å². The van der Waals surface area contributed by atoms with Crippen LogP contribution in [0.4, 0.5) is 26.3 Å². The third kappa shape index (κ3) is 11.1. The standard InChI is InChI=1S/C25H22ClF3N4O4.C24H21F3N4O5.CH4/c1-14-10-17(11-14)33-22(34)20-21(31(2)24(33)35)30-23(32(20)13-15-6-8-16(26)9-7-15)36-18-4-3-5-19(12-18)37-25(27,28)29;1-29-20-19(21(33)31(23(29)34)15-10-16(32)11-15)30(13-14-6-3-2-4-7-14)22(28-20)35-17-8-5-9-18(12-17)36-24(25,26)27;/h3-9,12,14,17H,10-11,13H2,1-2H3;2-9,12,15-16,32H,10-11,13H2,1H3;1H4. The molecule has 0 spiro atoms. The molecule has 0 bridgehead atoms. The first-order valence-corrected chi connectivity index (χ1v) is 23.0. The van der Waals surface area contributed by atoms with Crippen LogP contribution in [0.5, 0.6) is 35.0 Å². The van der Waals surface area contributed by atoms with Gasteiger partial charge in [0, 0.05) is 43.3 Å². The minimum atomic E-state index is -4.88. The second kappa shape index (κ2) is 20.6. The number of rotatable bonds is 12. The fourth-order valence-corrected chi connectivity index (χ4v) is 8.92. The average molecular weight is 1050 g/mol. The summed E-state index contributed by atoms with van der Waals surface area (Å²) in [6.07, 6.45) is -8.35. The molecule has 2 aliphatic rings. The molecule has 10 rings (SSSR count). The van der Waals surface area contributed by atoms with Crippen LogP contribution in [-0.2, 0) is 27.2 Å². The number of fused-ring (bicyclic) bond motifs is 2. The Morgan fingerprint density at radius 2 is 1.00 bits per heavy atom. The number of aryl methyl sites for hydroxylation is 2. The predicted molar refractivity (Wildman–Crippen MR) is 259 cm³/mol. The molecule has 4 aromatic carbocycles. The number of nitrogens with zero attached hydrogens (tertiary/aromatic N) is 8. The molecule has 1 N–H and O–H groups in total. The van der Waals surface area contributed by atoms with Gasteiger partial charge in [0.2, 0.25) is 0 Å². The van der Waals surface area contributed by atoms with Crippen molar-refractivity contribution in [2.24, 2.45) is 20.0 Å². The summed E-state index contributed by atoms with van der Waals surface area (Å²) in [5.74, 6) is -0.550. The van der Waals surface area contributed by atoms with Crippen molar-refractivity contribution in [2.75, 3.05) is 0 Å². The van der Waals surface area contributed by atoms with E-state index < -0.39 is 58.9 Å². The molecular formula is C50H47ClF6N8O9. The number of imidazole rings is 2. The summed E-state index contributed by atoms with van der Waals surface area (Å²) in [6, 6.07) is 25.1. The lowest BCUT2D eigenvalue weighted by Gasteiger charge is -2.33. The van der Waals surface area contributed by atoms with Crippen molar-refractivity contribution in [3.63, 3.8) is 0 Å². The van der Waals surface area contributed by atoms with Gasteiger partial charge in [0.1, 0.15) is 23.0 Å². The quantitative estimate of drug-likeness (QED) is 0.115. The maximum atomic E-state index is 13.7. The number of alkyl halides is 6. The fourth-order valence-electron chi connectivity index (χ4n) is 8.79. The van der Waals surface area contributed by atoms with Gasteiger partial charge in [0.05, 0.1) is 19.2 Å². The van der Waals surface area contributed by atoms with E-state index in [1.807, 2.05) is 30.3 Å². The number of hydrogen-bond acceptors (Lipinski definition) is 11. The second-order valence-electron chi connectivity index (χ2n) is 17.7. The number of ether oxygens (including phenoxy) is 4. The van der Waals surface area contributed by atoms with Gasteiger partial charge in [-0.15, -0.1) is 26.3 Å². The first-order valence-electron chi connectivity index (χ1n) is 22.6. The lowest BCUT2D eigenvalue weighted by molar-refractivity contribution is -0.275. The Kier molecular flexibility index (Phi) is 14.6. The van der Waals surface area contributed by atoms with E-state index >= 15 is 0 Å². The van der Waals surface area contributed by atoms with Gasteiger partial charge < -0.3 is 24.1 Å². The molecule has 4 aromatic heterocycles. The number of aliphatic hydroxyl groups excluding tert-OH is 1. The molecule has 0 unspecified atom stereocenters. The SMILES string of the molecule is C.CC1CC(n2c(=O)c3c(nc(Oc4cccc(OC(F)(F)F)c4)n3Cc3ccc(Cl)cc3)n(C)c2=O)C1.Cn1c(=O)n(C2CC(O)C2)c(=O)c2c1nc(Oc1cccc(OC(F)(F)F)c1)n2Cc1ccccc1. The predicted octanol–water partition coefficient (Wildman–Crippen LogP) is 9.23. The molecule has 0 atom stereocenters. The molecule has 390 valence electrons. The molecule has 0 radical (unpaired) electrons. The van der Waals surface area contributed by atoms with Crippen molar-refractivity contribution in [2.45, 2.75) is 84.0 Å². The summed E-state index contributed by atoms with van der Waals surface area (Å²) in [5, 5.41) is 10.2. The number of halogens is 7. The van der Waals surface area contributed by atoms with Crippen molar-refractivity contribution in [1.82, 2.24) is 37.4 Å². The minimum absolute atomic E-state index is 0. The summed E-state index contributed by atoms with van der Waals surface area (Å²) >= 11 is 6.01. The highest BCUT2D eigenvalue weighted by Crippen LogP contribution is 2.37. The topological polar surface area (TPSA) is 181 Å². The Morgan fingerprint density at radius 1 is 0.595 bits per heavy atom. The van der Waals surface area contributed by atoms with Gasteiger partial charge in [0.15, 0.2) is 22.3 Å². The van der Waals surface area contributed by atoms with Crippen LogP contribution in [0, 0.1) is 5.92 Å². The molecule has 8 aromatic rings. The molecule has 2 fully saturated rings. The van der Waals surface area contributed by atoms with Crippen LogP contribution in [0.3, 0.4) is 0 Å². The first kappa shape index (κ1) is 52.5. The zero-order valence-corrected chi connectivity index (χ0v) is 39.6. The highest BCUT2D eigenvalue weighted by molar-refractivity contribution is 6.30. The highest BCUT2D eigenvalue weighted by Gasteiger charge is 2.36. The van der Waals surface area contributed by atoms with E-state index in [1.165, 1.54) is 61.2 Å². The maximum absolute atomic E-state index is 13.7. The number of aromatic nitrogens is 8. The van der Waals surface area contributed by atoms with Crippen LogP contribution in [0.2, 0.25) is 5.02 Å². The number of aliphatic hydroxyl groups is 1. The lowest BCUT2D eigenvalue weighted by atomic mass is 9.82. The van der Waals surface area contributed by atoms with Crippen LogP contribution in [0.25, 0.3) is 22.3 Å². The monoisotopic (exact) mass is 1050 g/mol. The van der Waals surface area contributed by atoms with Gasteiger partial charge in [0.25, 0.3) is 11.1 Å². The third-order valence-electron chi connectivity index (χ3n) is 12.4. The molecule has 74 heavy (non-hydrogen) atoms. The molecule has 0 aliphatic heterocycles. The first-order chi connectivity index (χ1) is 34.6. The van der Waals surface area contributed by atoms with Gasteiger partial charge in [-0.25, -0.2) is 9.59 Å². The van der Waals surface area contributed by atoms with Gasteiger partial charge in [-0.3, -0.25) is 37.0 Å². The zero-order valence-electron chi connectivity index (χ0n) is 38.8. The van der Waals surface area contributed by atoms with E-state index in [1.54, 1.807) is 24.3 Å². The zero-order chi connectivity index (χ0) is 52.1. The normalized spacial score (nSPS) is 17.4. The highest BCUT2D eigenvalue weighted by atomic mass is 35.5. The molecule has 0 amide bonds. The Balaban J connectivity index is 0.000000194. The average Bonchev–Trinajstić information content (AvgIpc) is 3.84. The Labute approximate surface area is 420 Å². The van der Waals surface area contributed by atoms with Gasteiger partial charge in [-0.05, 0) is 79.1 Å². The molecule has 2 aliphatic carbocycles. The molecule has 4 heterocycles. The minimum Gasteiger partial charge on any atom is -0.425 e. The third-order valence-corrected chi connectivity index (χ3v) is 12.6. The van der Waals surface area contributed by atoms with Crippen LogP contribution < -0.4 is 41.4 Å². The van der Waals surface area contributed by atoms with Crippen LogP contribution >= 0.6 is 11.6 Å². The van der Waals surface area contributed by atoms with Crippen molar-refractivity contribution in [3.05, 3.63) is 161 Å². The summed E-state index contributed by atoms with van der Waals surface area (Å²) in [7, 11) is 2.99. The van der Waals surface area contributed by atoms with E-state index in [4.69, 9.17) is 21.1 Å². The summed E-state index contributed by atoms with van der Waals surface area (Å²) in [5.41, 5.74) is -0.180.